The van der Waals surface area contributed by atoms with E-state index in [-0.39, 0.29) is 30.1 Å². The highest BCUT2D eigenvalue weighted by molar-refractivity contribution is 5.94. The number of amides is 1. The van der Waals surface area contributed by atoms with Crippen LogP contribution in [-0.2, 0) is 14.3 Å². The molecule has 0 radical (unpaired) electrons. The normalized spacial score (nSPS) is 21.8. The van der Waals surface area contributed by atoms with Crippen LogP contribution in [0.1, 0.15) is 31.1 Å². The van der Waals surface area contributed by atoms with Crippen molar-refractivity contribution in [3.63, 3.8) is 0 Å². The first-order valence-corrected chi connectivity index (χ1v) is 8.15. The highest BCUT2D eigenvalue weighted by atomic mass is 16.5. The molecule has 1 aromatic rings. The summed E-state index contributed by atoms with van der Waals surface area (Å²) in [7, 11) is 1.36. The van der Waals surface area contributed by atoms with Crippen molar-refractivity contribution in [3.8, 4) is 0 Å². The number of nitrogens with one attached hydrogen (secondary N) is 1. The average molecular weight is 334 g/mol. The minimum atomic E-state index is -0.534. The Kier molecular flexibility index (Phi) is 5.96. The van der Waals surface area contributed by atoms with Crippen molar-refractivity contribution in [1.29, 1.82) is 0 Å². The zero-order valence-corrected chi connectivity index (χ0v) is 14.7. The molecule has 2 atom stereocenters. The van der Waals surface area contributed by atoms with Crippen LogP contribution in [0, 0.1) is 0 Å². The van der Waals surface area contributed by atoms with Crippen LogP contribution < -0.4 is 5.32 Å². The van der Waals surface area contributed by atoms with E-state index in [9.17, 15) is 9.59 Å². The van der Waals surface area contributed by atoms with Crippen molar-refractivity contribution < 1.29 is 19.1 Å². The van der Waals surface area contributed by atoms with Crippen LogP contribution in [0.25, 0.3) is 0 Å². The lowest BCUT2D eigenvalue weighted by molar-refractivity contribution is -0.162. The van der Waals surface area contributed by atoms with E-state index in [1.807, 2.05) is 31.7 Å². The second-order valence-electron chi connectivity index (χ2n) is 6.73. The molecule has 1 N–H and O–H groups in total. The van der Waals surface area contributed by atoms with E-state index in [1.165, 1.54) is 7.11 Å². The molecular formula is C18H26N2O4. The van der Waals surface area contributed by atoms with E-state index in [2.05, 4.69) is 5.32 Å². The molecule has 1 aliphatic heterocycles. The third kappa shape index (κ3) is 4.79. The molecule has 1 fully saturated rings. The van der Waals surface area contributed by atoms with Crippen LogP contribution in [-0.4, -0.2) is 61.3 Å². The average Bonchev–Trinajstić information content (AvgIpc) is 2.53. The Labute approximate surface area is 143 Å². The fourth-order valence-electron chi connectivity index (χ4n) is 3.12. The molecule has 6 nitrogen and oxygen atoms in total. The van der Waals surface area contributed by atoms with E-state index in [4.69, 9.17) is 9.47 Å². The lowest BCUT2D eigenvalue weighted by atomic mass is 10.0. The molecule has 0 aromatic heterocycles. The summed E-state index contributed by atoms with van der Waals surface area (Å²) in [5, 5.41) is 2.83. The molecule has 0 spiro atoms. The van der Waals surface area contributed by atoms with Crippen molar-refractivity contribution in [1.82, 2.24) is 10.2 Å². The molecular weight excluding hydrogens is 308 g/mol. The summed E-state index contributed by atoms with van der Waals surface area (Å²) < 4.78 is 10.8. The molecule has 24 heavy (non-hydrogen) atoms. The second kappa shape index (κ2) is 7.77. The van der Waals surface area contributed by atoms with Crippen molar-refractivity contribution in [3.05, 3.63) is 35.9 Å². The van der Waals surface area contributed by atoms with E-state index >= 15 is 0 Å². The van der Waals surface area contributed by atoms with Gasteiger partial charge in [0.25, 0.3) is 5.91 Å². The first kappa shape index (κ1) is 18.4. The molecule has 2 rings (SSSR count). The van der Waals surface area contributed by atoms with Gasteiger partial charge in [-0.25, -0.2) is 0 Å². The summed E-state index contributed by atoms with van der Waals surface area (Å²) in [5.74, 6) is -0.557. The summed E-state index contributed by atoms with van der Waals surface area (Å²) >= 11 is 0. The van der Waals surface area contributed by atoms with Crippen LogP contribution >= 0.6 is 0 Å². The fraction of sp³-hybridized carbons (Fsp3) is 0.556. The summed E-state index contributed by atoms with van der Waals surface area (Å²) in [6.45, 7) is 7.37. The van der Waals surface area contributed by atoms with Crippen LogP contribution in [0.4, 0.5) is 0 Å². The highest BCUT2D eigenvalue weighted by Gasteiger charge is 2.37. The van der Waals surface area contributed by atoms with E-state index in [0.717, 1.165) is 0 Å². The maximum absolute atomic E-state index is 12.2. The van der Waals surface area contributed by atoms with Gasteiger partial charge in [0.05, 0.1) is 18.8 Å². The maximum atomic E-state index is 12.2. The van der Waals surface area contributed by atoms with E-state index in [1.54, 1.807) is 24.3 Å². The molecule has 1 saturated heterocycles. The Balaban J connectivity index is 2.06. The Morgan fingerprint density at radius 3 is 2.62 bits per heavy atom. The zero-order valence-electron chi connectivity index (χ0n) is 14.7. The summed E-state index contributed by atoms with van der Waals surface area (Å²) in [5.41, 5.74) is 0.213. The van der Waals surface area contributed by atoms with Gasteiger partial charge in [-0.05, 0) is 32.9 Å². The molecule has 132 valence electrons. The van der Waals surface area contributed by atoms with Crippen LogP contribution in [0.15, 0.2) is 30.3 Å². The second-order valence-corrected chi connectivity index (χ2v) is 6.73. The quantitative estimate of drug-likeness (QED) is 0.826. The van der Waals surface area contributed by atoms with Gasteiger partial charge in [0.15, 0.2) is 0 Å². The predicted octanol–water partition coefficient (Wildman–Crippen LogP) is 1.46. The van der Waals surface area contributed by atoms with Gasteiger partial charge in [-0.15, -0.1) is 0 Å². The topological polar surface area (TPSA) is 67.9 Å². The third-order valence-electron chi connectivity index (χ3n) is 4.00. The maximum Gasteiger partial charge on any atom is 0.324 e. The van der Waals surface area contributed by atoms with Crippen molar-refractivity contribution in [2.75, 3.05) is 26.7 Å². The van der Waals surface area contributed by atoms with Crippen LogP contribution in [0.2, 0.25) is 0 Å². The summed E-state index contributed by atoms with van der Waals surface area (Å²) in [4.78, 5) is 26.5. The van der Waals surface area contributed by atoms with Crippen LogP contribution in [0.3, 0.4) is 0 Å². The smallest absolute Gasteiger partial charge is 0.324 e. The first-order chi connectivity index (χ1) is 11.3. The van der Waals surface area contributed by atoms with Gasteiger partial charge in [0.1, 0.15) is 6.04 Å². The lowest BCUT2D eigenvalue weighted by Crippen LogP contribution is -2.59. The number of esters is 1. The lowest BCUT2D eigenvalue weighted by Gasteiger charge is -2.44. The number of morpholine rings is 1. The Bertz CT molecular complexity index is 574. The van der Waals surface area contributed by atoms with Crippen LogP contribution in [0.5, 0.6) is 0 Å². The molecule has 1 heterocycles. The number of carbonyl (C=O) groups excluding carboxylic acids is 2. The number of nitrogens with zero attached hydrogens (tertiary/aromatic N) is 1. The Morgan fingerprint density at radius 2 is 2.04 bits per heavy atom. The fourth-order valence-corrected chi connectivity index (χ4v) is 3.12. The summed E-state index contributed by atoms with van der Waals surface area (Å²) in [6.07, 6.45) is 0.00531. The number of benzene rings is 1. The van der Waals surface area contributed by atoms with Gasteiger partial charge < -0.3 is 14.8 Å². The highest BCUT2D eigenvalue weighted by Crippen LogP contribution is 2.22. The van der Waals surface area contributed by atoms with Gasteiger partial charge in [-0.2, -0.15) is 0 Å². The van der Waals surface area contributed by atoms with Crippen molar-refractivity contribution >= 4 is 11.9 Å². The number of methoxy groups -OCH3 is 1. The first-order valence-electron chi connectivity index (χ1n) is 8.15. The monoisotopic (exact) mass is 334 g/mol. The minimum absolute atomic E-state index is 0.00531. The number of carbonyl (C=O) groups is 2. The molecule has 1 amide bonds. The molecule has 0 unspecified atom stereocenters. The molecule has 0 bridgehead atoms. The predicted molar refractivity (Wildman–Crippen MR) is 90.8 cm³/mol. The number of rotatable bonds is 5. The Hall–Kier alpha value is -1.92. The molecule has 1 aliphatic rings. The van der Waals surface area contributed by atoms with Crippen molar-refractivity contribution in [2.45, 2.75) is 38.5 Å². The van der Waals surface area contributed by atoms with Gasteiger partial charge in [-0.3, -0.25) is 14.5 Å². The van der Waals surface area contributed by atoms with Gasteiger partial charge in [-0.1, -0.05) is 18.2 Å². The van der Waals surface area contributed by atoms with E-state index < -0.39 is 6.04 Å². The zero-order chi connectivity index (χ0) is 17.7. The molecule has 6 heteroatoms. The third-order valence-corrected chi connectivity index (χ3v) is 4.00. The summed E-state index contributed by atoms with van der Waals surface area (Å²) in [6, 6.07) is 8.40. The standard InChI is InChI=1S/C18H26N2O4/c1-13-11-20(12-18(2,3)24-13)15(17(22)23-4)10-19-16(21)14-8-6-5-7-9-14/h5-9,13,15H,10-12H2,1-4H3,(H,19,21)/t13-,15+/m0/s1. The molecule has 0 saturated carbocycles. The molecule has 1 aromatic carbocycles. The SMILES string of the molecule is COC(=O)[C@@H](CNC(=O)c1ccccc1)N1C[C@H](C)OC(C)(C)C1. The Morgan fingerprint density at radius 1 is 1.38 bits per heavy atom. The molecule has 0 aliphatic carbocycles. The number of hydrogen-bond donors (Lipinski definition) is 1. The largest absolute Gasteiger partial charge is 0.468 e. The number of hydrogen-bond acceptors (Lipinski definition) is 5. The van der Waals surface area contributed by atoms with Crippen molar-refractivity contribution in [2.24, 2.45) is 0 Å². The minimum Gasteiger partial charge on any atom is -0.468 e. The van der Waals surface area contributed by atoms with Gasteiger partial charge in [0.2, 0.25) is 0 Å². The van der Waals surface area contributed by atoms with Gasteiger partial charge >= 0.3 is 5.97 Å². The number of ether oxygens (including phenoxy) is 2. The van der Waals surface area contributed by atoms with E-state index in [0.29, 0.717) is 18.7 Å². The van der Waals surface area contributed by atoms with Gasteiger partial charge in [0, 0.05) is 25.2 Å².